The number of fused-ring (bicyclic) bond motifs is 1. The van der Waals surface area contributed by atoms with Crippen molar-refractivity contribution < 1.29 is 14.3 Å². The zero-order valence-corrected chi connectivity index (χ0v) is 17.1. The number of hydrogen-bond donors (Lipinski definition) is 1. The summed E-state index contributed by atoms with van der Waals surface area (Å²) in [7, 11) is 0. The average molecular weight is 402 g/mol. The normalized spacial score (nSPS) is 15.5. The fourth-order valence-corrected chi connectivity index (χ4v) is 4.24. The molecule has 0 unspecified atom stereocenters. The second kappa shape index (κ2) is 9.12. The molecule has 0 atom stereocenters. The summed E-state index contributed by atoms with van der Waals surface area (Å²) in [5.41, 5.74) is 0.968. The third-order valence-corrected chi connectivity index (χ3v) is 5.87. The number of carbonyl (C=O) groups is 2. The summed E-state index contributed by atoms with van der Waals surface area (Å²) in [6.07, 6.45) is 4.41. The Hall–Kier alpha value is -3.14. The first-order valence-electron chi connectivity index (χ1n) is 10.6. The highest BCUT2D eigenvalue weighted by Gasteiger charge is 2.42. The maximum absolute atomic E-state index is 13.0. The summed E-state index contributed by atoms with van der Waals surface area (Å²) in [4.78, 5) is 25.9. The maximum Gasteiger partial charge on any atom is 0.332 e. The number of rotatable bonds is 6. The second-order valence-corrected chi connectivity index (χ2v) is 8.11. The van der Waals surface area contributed by atoms with Gasteiger partial charge in [-0.2, -0.15) is 0 Å². The number of esters is 1. The van der Waals surface area contributed by atoms with Crippen molar-refractivity contribution in [3.63, 3.8) is 0 Å². The molecule has 3 aromatic rings. The monoisotopic (exact) mass is 401 g/mol. The van der Waals surface area contributed by atoms with Crippen molar-refractivity contribution in [1.29, 1.82) is 0 Å². The third-order valence-electron chi connectivity index (χ3n) is 5.87. The lowest BCUT2D eigenvalue weighted by Gasteiger charge is -2.35. The van der Waals surface area contributed by atoms with Crippen molar-refractivity contribution in [2.24, 2.45) is 0 Å². The van der Waals surface area contributed by atoms with E-state index in [0.717, 1.165) is 41.2 Å². The fourth-order valence-electron chi connectivity index (χ4n) is 4.24. The zero-order chi connectivity index (χ0) is 20.8. The first kappa shape index (κ1) is 20.1. The van der Waals surface area contributed by atoms with Crippen LogP contribution in [0.25, 0.3) is 10.8 Å². The topological polar surface area (TPSA) is 55.4 Å². The van der Waals surface area contributed by atoms with Crippen LogP contribution in [0, 0.1) is 0 Å². The molecule has 4 nitrogen and oxygen atoms in total. The molecule has 0 aromatic heterocycles. The van der Waals surface area contributed by atoms with E-state index < -0.39 is 5.54 Å². The van der Waals surface area contributed by atoms with Gasteiger partial charge in [-0.05, 0) is 34.7 Å². The lowest BCUT2D eigenvalue weighted by molar-refractivity contribution is -0.156. The first-order valence-corrected chi connectivity index (χ1v) is 10.6. The quantitative estimate of drug-likeness (QED) is 0.595. The number of hydrogen-bond acceptors (Lipinski definition) is 3. The number of nitrogens with one attached hydrogen (secondary N) is 1. The van der Waals surface area contributed by atoms with Gasteiger partial charge in [0, 0.05) is 0 Å². The second-order valence-electron chi connectivity index (χ2n) is 8.11. The smallest absolute Gasteiger partial charge is 0.332 e. The largest absolute Gasteiger partial charge is 0.459 e. The minimum atomic E-state index is -0.916. The van der Waals surface area contributed by atoms with Crippen LogP contribution in [0.4, 0.5) is 0 Å². The van der Waals surface area contributed by atoms with E-state index >= 15 is 0 Å². The van der Waals surface area contributed by atoms with E-state index in [0.29, 0.717) is 12.8 Å². The molecule has 0 aliphatic heterocycles. The van der Waals surface area contributed by atoms with Crippen molar-refractivity contribution in [3.05, 3.63) is 83.9 Å². The molecule has 1 aliphatic rings. The Labute approximate surface area is 177 Å². The van der Waals surface area contributed by atoms with Gasteiger partial charge in [-0.1, -0.05) is 92.1 Å². The molecule has 3 aromatic carbocycles. The highest BCUT2D eigenvalue weighted by molar-refractivity contribution is 5.90. The molecule has 0 heterocycles. The maximum atomic E-state index is 13.0. The lowest BCUT2D eigenvalue weighted by Crippen LogP contribution is -2.56. The molecule has 4 rings (SSSR count). The summed E-state index contributed by atoms with van der Waals surface area (Å²) in [6.45, 7) is 0.224. The van der Waals surface area contributed by atoms with E-state index in [1.54, 1.807) is 0 Å². The number of ether oxygens (including phenoxy) is 1. The molecule has 154 valence electrons. The first-order chi connectivity index (χ1) is 14.6. The van der Waals surface area contributed by atoms with Crippen LogP contribution in [0.15, 0.2) is 72.8 Å². The van der Waals surface area contributed by atoms with E-state index in [4.69, 9.17) is 4.74 Å². The lowest BCUT2D eigenvalue weighted by atomic mass is 9.81. The Morgan fingerprint density at radius 2 is 1.50 bits per heavy atom. The van der Waals surface area contributed by atoms with E-state index in [9.17, 15) is 9.59 Å². The predicted octanol–water partition coefficient (Wildman–Crippen LogP) is 4.94. The van der Waals surface area contributed by atoms with Crippen molar-refractivity contribution >= 4 is 22.6 Å². The van der Waals surface area contributed by atoms with Gasteiger partial charge in [-0.15, -0.1) is 0 Å². The molecular weight excluding hydrogens is 374 g/mol. The van der Waals surface area contributed by atoms with Gasteiger partial charge in [-0.3, -0.25) is 4.79 Å². The summed E-state index contributed by atoms with van der Waals surface area (Å²) in [6, 6.07) is 23.8. The standard InChI is InChI=1S/C26H27NO3/c28-24(18-21-13-14-22-11-5-6-12-23(22)17-21)27-26(15-7-2-8-16-26)25(29)30-19-20-9-3-1-4-10-20/h1,3-6,9-14,17H,2,7-8,15-16,18-19H2,(H,27,28). The molecule has 4 heteroatoms. The van der Waals surface area contributed by atoms with Gasteiger partial charge in [0.15, 0.2) is 0 Å². The van der Waals surface area contributed by atoms with Gasteiger partial charge in [0.2, 0.25) is 5.91 Å². The summed E-state index contributed by atoms with van der Waals surface area (Å²) in [5, 5.41) is 5.31. The third kappa shape index (κ3) is 4.70. The molecule has 1 N–H and O–H groups in total. The molecule has 0 spiro atoms. The van der Waals surface area contributed by atoms with Crippen LogP contribution < -0.4 is 5.32 Å². The van der Waals surface area contributed by atoms with E-state index in [2.05, 4.69) is 11.4 Å². The predicted molar refractivity (Wildman–Crippen MR) is 118 cm³/mol. The molecule has 0 bridgehead atoms. The number of amides is 1. The molecular formula is C26H27NO3. The Kier molecular flexibility index (Phi) is 6.12. The van der Waals surface area contributed by atoms with E-state index in [1.807, 2.05) is 66.7 Å². The number of carbonyl (C=O) groups excluding carboxylic acids is 2. The van der Waals surface area contributed by atoms with Crippen LogP contribution >= 0.6 is 0 Å². The van der Waals surface area contributed by atoms with Gasteiger partial charge in [-0.25, -0.2) is 4.79 Å². The molecule has 1 amide bonds. The van der Waals surface area contributed by atoms with Crippen molar-refractivity contribution in [2.45, 2.75) is 50.7 Å². The van der Waals surface area contributed by atoms with Crippen LogP contribution in [-0.4, -0.2) is 17.4 Å². The van der Waals surface area contributed by atoms with Crippen molar-refractivity contribution in [3.8, 4) is 0 Å². The minimum absolute atomic E-state index is 0.135. The van der Waals surface area contributed by atoms with E-state index in [1.165, 1.54) is 0 Å². The van der Waals surface area contributed by atoms with Gasteiger partial charge in [0.1, 0.15) is 12.1 Å². The van der Waals surface area contributed by atoms with Crippen molar-refractivity contribution in [1.82, 2.24) is 5.32 Å². The minimum Gasteiger partial charge on any atom is -0.459 e. The molecule has 1 aliphatic carbocycles. The van der Waals surface area contributed by atoms with Gasteiger partial charge >= 0.3 is 5.97 Å². The summed E-state index contributed by atoms with van der Waals surface area (Å²) >= 11 is 0. The molecule has 30 heavy (non-hydrogen) atoms. The Bertz CT molecular complexity index is 1020. The molecule has 1 saturated carbocycles. The average Bonchev–Trinajstić information content (AvgIpc) is 2.78. The van der Waals surface area contributed by atoms with Crippen molar-refractivity contribution in [2.75, 3.05) is 0 Å². The van der Waals surface area contributed by atoms with Crippen LogP contribution in [0.1, 0.15) is 43.2 Å². The number of benzene rings is 3. The van der Waals surface area contributed by atoms with Crippen LogP contribution in [0.2, 0.25) is 0 Å². The highest BCUT2D eigenvalue weighted by Crippen LogP contribution is 2.30. The summed E-state index contributed by atoms with van der Waals surface area (Å²) in [5.74, 6) is -0.457. The van der Waals surface area contributed by atoms with Crippen LogP contribution in [0.5, 0.6) is 0 Å². The zero-order valence-electron chi connectivity index (χ0n) is 17.1. The van der Waals surface area contributed by atoms with Crippen LogP contribution in [-0.2, 0) is 27.4 Å². The van der Waals surface area contributed by atoms with Gasteiger partial charge < -0.3 is 10.1 Å². The van der Waals surface area contributed by atoms with Crippen LogP contribution in [0.3, 0.4) is 0 Å². The Morgan fingerprint density at radius 1 is 0.800 bits per heavy atom. The van der Waals surface area contributed by atoms with Gasteiger partial charge in [0.05, 0.1) is 6.42 Å². The Balaban J connectivity index is 1.44. The molecule has 1 fully saturated rings. The Morgan fingerprint density at radius 3 is 2.27 bits per heavy atom. The molecule has 0 saturated heterocycles. The summed E-state index contributed by atoms with van der Waals surface area (Å²) < 4.78 is 5.63. The SMILES string of the molecule is O=C(Cc1ccc2ccccc2c1)NC1(C(=O)OCc2ccccc2)CCCCC1. The van der Waals surface area contributed by atoms with E-state index in [-0.39, 0.29) is 24.9 Å². The highest BCUT2D eigenvalue weighted by atomic mass is 16.5. The molecule has 0 radical (unpaired) electrons. The fraction of sp³-hybridized carbons (Fsp3) is 0.308. The van der Waals surface area contributed by atoms with Gasteiger partial charge in [0.25, 0.3) is 0 Å².